The van der Waals surface area contributed by atoms with Gasteiger partial charge in [0.25, 0.3) is 0 Å². The van der Waals surface area contributed by atoms with E-state index >= 15 is 0 Å². The van der Waals surface area contributed by atoms with Gasteiger partial charge in [-0.15, -0.1) is 0 Å². The van der Waals surface area contributed by atoms with Gasteiger partial charge in [-0.25, -0.2) is 0 Å². The van der Waals surface area contributed by atoms with E-state index in [1.54, 1.807) is 0 Å². The van der Waals surface area contributed by atoms with Crippen LogP contribution in [0.25, 0.3) is 0 Å². The van der Waals surface area contributed by atoms with E-state index in [1.807, 2.05) is 0 Å². The number of nitrogens with zero attached hydrogens (tertiary/aromatic N) is 1. The molecule has 0 saturated carbocycles. The number of hydrogen-bond donors (Lipinski definition) is 1. The minimum absolute atomic E-state index is 0.447. The molecule has 1 aliphatic rings. The molecule has 2 N–H and O–H groups in total. The van der Waals surface area contributed by atoms with Crippen molar-refractivity contribution in [3.8, 4) is 5.75 Å². The first kappa shape index (κ1) is 15.3. The van der Waals surface area contributed by atoms with E-state index < -0.39 is 0 Å². The van der Waals surface area contributed by atoms with Gasteiger partial charge in [-0.3, -0.25) is 4.90 Å². The Hall–Kier alpha value is -1.06. The summed E-state index contributed by atoms with van der Waals surface area (Å²) in [7, 11) is 2.22. The van der Waals surface area contributed by atoms with Crippen LogP contribution in [0.3, 0.4) is 0 Å². The Morgan fingerprint density at radius 2 is 2.00 bits per heavy atom. The molecular weight excluding hydrogens is 248 g/mol. The zero-order chi connectivity index (χ0) is 14.4. The van der Waals surface area contributed by atoms with Crippen LogP contribution in [0.4, 0.5) is 0 Å². The normalized spacial score (nSPS) is 24.4. The van der Waals surface area contributed by atoms with Gasteiger partial charge in [0.2, 0.25) is 0 Å². The maximum atomic E-state index is 6.01. The summed E-state index contributed by atoms with van der Waals surface area (Å²) in [5.74, 6) is 1.53. The maximum Gasteiger partial charge on any atom is 0.119 e. The molecule has 0 spiro atoms. The molecule has 1 aliphatic heterocycles. The fourth-order valence-electron chi connectivity index (χ4n) is 3.18. The summed E-state index contributed by atoms with van der Waals surface area (Å²) in [6.07, 6.45) is 4.85. The molecule has 112 valence electrons. The second-order valence-electron chi connectivity index (χ2n) is 5.83. The van der Waals surface area contributed by atoms with Gasteiger partial charge in [0, 0.05) is 6.04 Å². The van der Waals surface area contributed by atoms with Crippen molar-refractivity contribution in [2.75, 3.05) is 26.7 Å². The van der Waals surface area contributed by atoms with Crippen molar-refractivity contribution in [3.63, 3.8) is 0 Å². The number of nitrogens with two attached hydrogens (primary N) is 1. The SMILES string of the molecule is CCCOc1ccc(C2C(CN)CCCCN2C)cc1. The van der Waals surface area contributed by atoms with Crippen LogP contribution in [-0.4, -0.2) is 31.6 Å². The van der Waals surface area contributed by atoms with Gasteiger partial charge in [-0.05, 0) is 63.0 Å². The molecule has 3 nitrogen and oxygen atoms in total. The number of ether oxygens (including phenoxy) is 1. The smallest absolute Gasteiger partial charge is 0.119 e. The Kier molecular flexibility index (Phi) is 5.86. The molecule has 1 fully saturated rings. The topological polar surface area (TPSA) is 38.5 Å². The molecule has 0 radical (unpaired) electrons. The Morgan fingerprint density at radius 3 is 2.65 bits per heavy atom. The van der Waals surface area contributed by atoms with E-state index in [1.165, 1.54) is 24.8 Å². The van der Waals surface area contributed by atoms with Crippen LogP contribution < -0.4 is 10.5 Å². The van der Waals surface area contributed by atoms with Crippen molar-refractivity contribution >= 4 is 0 Å². The molecule has 1 aromatic rings. The van der Waals surface area contributed by atoms with Crippen molar-refractivity contribution in [1.29, 1.82) is 0 Å². The lowest BCUT2D eigenvalue weighted by molar-refractivity contribution is 0.196. The van der Waals surface area contributed by atoms with Gasteiger partial charge in [0.15, 0.2) is 0 Å². The fraction of sp³-hybridized carbons (Fsp3) is 0.647. The maximum absolute atomic E-state index is 6.01. The van der Waals surface area contributed by atoms with Crippen LogP contribution in [0.15, 0.2) is 24.3 Å². The summed E-state index contributed by atoms with van der Waals surface area (Å²) in [6, 6.07) is 9.05. The fourth-order valence-corrected chi connectivity index (χ4v) is 3.18. The largest absolute Gasteiger partial charge is 0.494 e. The molecule has 2 unspecified atom stereocenters. The molecule has 1 aromatic carbocycles. The van der Waals surface area contributed by atoms with Gasteiger partial charge >= 0.3 is 0 Å². The highest BCUT2D eigenvalue weighted by Gasteiger charge is 2.27. The second kappa shape index (κ2) is 7.65. The van der Waals surface area contributed by atoms with Crippen molar-refractivity contribution < 1.29 is 4.74 Å². The van der Waals surface area contributed by atoms with Crippen LogP contribution >= 0.6 is 0 Å². The highest BCUT2D eigenvalue weighted by atomic mass is 16.5. The first-order valence-corrected chi connectivity index (χ1v) is 7.89. The number of benzene rings is 1. The van der Waals surface area contributed by atoms with Gasteiger partial charge in [-0.1, -0.05) is 25.5 Å². The zero-order valence-electron chi connectivity index (χ0n) is 12.8. The zero-order valence-corrected chi connectivity index (χ0v) is 12.8. The van der Waals surface area contributed by atoms with E-state index in [4.69, 9.17) is 10.5 Å². The quantitative estimate of drug-likeness (QED) is 0.897. The lowest BCUT2D eigenvalue weighted by Gasteiger charge is -2.32. The number of rotatable bonds is 5. The summed E-state index contributed by atoms with van der Waals surface area (Å²) in [6.45, 7) is 4.84. The highest BCUT2D eigenvalue weighted by Crippen LogP contribution is 2.34. The summed E-state index contributed by atoms with van der Waals surface area (Å²) in [4.78, 5) is 2.46. The van der Waals surface area contributed by atoms with E-state index in [2.05, 4.69) is 43.1 Å². The summed E-state index contributed by atoms with van der Waals surface area (Å²) in [5, 5.41) is 0. The van der Waals surface area contributed by atoms with E-state index in [9.17, 15) is 0 Å². The Morgan fingerprint density at radius 1 is 1.25 bits per heavy atom. The minimum Gasteiger partial charge on any atom is -0.494 e. The Balaban J connectivity index is 2.14. The average molecular weight is 276 g/mol. The first-order chi connectivity index (χ1) is 9.76. The number of hydrogen-bond acceptors (Lipinski definition) is 3. The van der Waals surface area contributed by atoms with E-state index in [-0.39, 0.29) is 0 Å². The average Bonchev–Trinajstić information content (AvgIpc) is 2.67. The minimum atomic E-state index is 0.447. The predicted octanol–water partition coefficient (Wildman–Crippen LogP) is 3.21. The molecule has 0 amide bonds. The Labute approximate surface area is 123 Å². The third-order valence-electron chi connectivity index (χ3n) is 4.25. The third kappa shape index (κ3) is 3.74. The molecule has 3 heteroatoms. The molecule has 20 heavy (non-hydrogen) atoms. The highest BCUT2D eigenvalue weighted by molar-refractivity contribution is 5.29. The monoisotopic (exact) mass is 276 g/mol. The van der Waals surface area contributed by atoms with E-state index in [0.717, 1.165) is 31.9 Å². The first-order valence-electron chi connectivity index (χ1n) is 7.89. The lowest BCUT2D eigenvalue weighted by atomic mass is 9.89. The molecule has 1 saturated heterocycles. The van der Waals surface area contributed by atoms with Crippen molar-refractivity contribution in [2.45, 2.75) is 38.6 Å². The van der Waals surface area contributed by atoms with Crippen LogP contribution in [0.5, 0.6) is 5.75 Å². The molecule has 0 aliphatic carbocycles. The van der Waals surface area contributed by atoms with Gasteiger partial charge in [0.05, 0.1) is 6.61 Å². The van der Waals surface area contributed by atoms with Crippen molar-refractivity contribution in [3.05, 3.63) is 29.8 Å². The second-order valence-corrected chi connectivity index (χ2v) is 5.83. The molecule has 0 aromatic heterocycles. The van der Waals surface area contributed by atoms with Crippen LogP contribution in [-0.2, 0) is 0 Å². The standard InChI is InChI=1S/C17H28N2O/c1-3-12-20-16-9-7-14(8-10-16)17-15(13-18)6-4-5-11-19(17)2/h7-10,15,17H,3-6,11-13,18H2,1-2H3. The van der Waals surface area contributed by atoms with Gasteiger partial charge in [0.1, 0.15) is 5.75 Å². The van der Waals surface area contributed by atoms with E-state index in [0.29, 0.717) is 12.0 Å². The van der Waals surface area contributed by atoms with Gasteiger partial charge in [-0.2, -0.15) is 0 Å². The molecule has 2 rings (SSSR count). The van der Waals surface area contributed by atoms with Crippen LogP contribution in [0.1, 0.15) is 44.2 Å². The Bertz CT molecular complexity index is 390. The molecular formula is C17H28N2O. The van der Waals surface area contributed by atoms with Crippen molar-refractivity contribution in [2.24, 2.45) is 11.7 Å². The molecule has 2 atom stereocenters. The summed E-state index contributed by atoms with van der Waals surface area (Å²) < 4.78 is 5.66. The van der Waals surface area contributed by atoms with Gasteiger partial charge < -0.3 is 10.5 Å². The lowest BCUT2D eigenvalue weighted by Crippen LogP contribution is -2.32. The van der Waals surface area contributed by atoms with Crippen LogP contribution in [0.2, 0.25) is 0 Å². The van der Waals surface area contributed by atoms with Crippen LogP contribution in [0, 0.1) is 5.92 Å². The molecule has 1 heterocycles. The number of likely N-dealkylation sites (tertiary alicyclic amines) is 1. The summed E-state index contributed by atoms with van der Waals surface area (Å²) in [5.41, 5.74) is 7.38. The molecule has 0 bridgehead atoms. The predicted molar refractivity (Wildman–Crippen MR) is 84.0 cm³/mol. The van der Waals surface area contributed by atoms with Crippen molar-refractivity contribution in [1.82, 2.24) is 4.90 Å². The summed E-state index contributed by atoms with van der Waals surface area (Å²) >= 11 is 0. The third-order valence-corrected chi connectivity index (χ3v) is 4.25.